The highest BCUT2D eigenvalue weighted by atomic mass is 16.7. The highest BCUT2D eigenvalue weighted by Gasteiger charge is 2.48. The molecule has 40 heavy (non-hydrogen) atoms. The maximum atomic E-state index is 11.3. The van der Waals surface area contributed by atoms with Gasteiger partial charge in [-0.2, -0.15) is 0 Å². The molecule has 5 aliphatic rings. The first-order chi connectivity index (χ1) is 19.8. The molecule has 0 aromatic carbocycles. The van der Waals surface area contributed by atoms with Crippen molar-refractivity contribution in [1.29, 1.82) is 0 Å². The van der Waals surface area contributed by atoms with Crippen molar-refractivity contribution in [2.75, 3.05) is 33.0 Å². The van der Waals surface area contributed by atoms with Gasteiger partial charge < -0.3 is 28.8 Å². The topological polar surface area (TPSA) is 66.4 Å². The second-order valence-corrected chi connectivity index (χ2v) is 14.0. The van der Waals surface area contributed by atoms with E-state index in [2.05, 4.69) is 0 Å². The van der Waals surface area contributed by atoms with Crippen molar-refractivity contribution >= 4 is 0 Å². The third-order valence-electron chi connectivity index (χ3n) is 10.7. The Balaban J connectivity index is 1.26. The van der Waals surface area contributed by atoms with Crippen LogP contribution in [0, 0.1) is 23.7 Å². The molecule has 5 atom stereocenters. The van der Waals surface area contributed by atoms with E-state index < -0.39 is 12.4 Å². The average Bonchev–Trinajstić information content (AvgIpc) is 3.01. The molecule has 5 rings (SSSR count). The van der Waals surface area contributed by atoms with Gasteiger partial charge in [0.25, 0.3) is 0 Å². The van der Waals surface area contributed by atoms with Gasteiger partial charge in [-0.1, -0.05) is 77.0 Å². The summed E-state index contributed by atoms with van der Waals surface area (Å²) in [6, 6.07) is 0. The summed E-state index contributed by atoms with van der Waals surface area (Å²) < 4.78 is 32.7. The van der Waals surface area contributed by atoms with Crippen LogP contribution in [0.5, 0.6) is 0 Å². The van der Waals surface area contributed by atoms with Gasteiger partial charge in [0.1, 0.15) is 24.4 Å². The van der Waals surface area contributed by atoms with E-state index in [9.17, 15) is 5.11 Å². The zero-order chi connectivity index (χ0) is 27.4. The van der Waals surface area contributed by atoms with Gasteiger partial charge in [-0.05, 0) is 75.0 Å². The Morgan fingerprint density at radius 1 is 0.425 bits per heavy atom. The van der Waals surface area contributed by atoms with Crippen molar-refractivity contribution in [3.05, 3.63) is 0 Å². The lowest BCUT2D eigenvalue weighted by atomic mass is 9.89. The number of ether oxygens (including phenoxy) is 5. The average molecular weight is 565 g/mol. The van der Waals surface area contributed by atoms with Gasteiger partial charge in [0, 0.05) is 6.61 Å². The first kappa shape index (κ1) is 31.2. The summed E-state index contributed by atoms with van der Waals surface area (Å²) in [6.45, 7) is 3.36. The van der Waals surface area contributed by atoms with Crippen LogP contribution in [-0.4, -0.2) is 68.8 Å². The highest BCUT2D eigenvalue weighted by molar-refractivity contribution is 4.93. The van der Waals surface area contributed by atoms with Crippen LogP contribution in [0.3, 0.4) is 0 Å². The molecule has 1 heterocycles. The Morgan fingerprint density at radius 2 is 0.800 bits per heavy atom. The molecular formula is C34H60O6. The largest absolute Gasteiger partial charge is 0.378 e. The van der Waals surface area contributed by atoms with Crippen LogP contribution in [0.2, 0.25) is 0 Å². The van der Waals surface area contributed by atoms with Crippen LogP contribution in [0.25, 0.3) is 0 Å². The predicted octanol–water partition coefficient (Wildman–Crippen LogP) is 7.20. The smallest absolute Gasteiger partial charge is 0.184 e. The molecular weight excluding hydrogens is 504 g/mol. The van der Waals surface area contributed by atoms with Gasteiger partial charge in [0.15, 0.2) is 6.29 Å². The summed E-state index contributed by atoms with van der Waals surface area (Å²) in [5.74, 6) is 2.41. The molecule has 1 saturated heterocycles. The van der Waals surface area contributed by atoms with Crippen LogP contribution in [0.15, 0.2) is 0 Å². The molecule has 0 amide bonds. The molecule has 1 aliphatic heterocycles. The van der Waals surface area contributed by atoms with Gasteiger partial charge in [-0.25, -0.2) is 0 Å². The van der Waals surface area contributed by atoms with Gasteiger partial charge in [0.2, 0.25) is 0 Å². The minimum atomic E-state index is -1.02. The minimum absolute atomic E-state index is 0.281. The van der Waals surface area contributed by atoms with Crippen LogP contribution in [0.1, 0.15) is 128 Å². The molecule has 4 saturated carbocycles. The molecule has 4 aliphatic carbocycles. The second kappa shape index (κ2) is 17.2. The fraction of sp³-hybridized carbons (Fsp3) is 1.00. The van der Waals surface area contributed by atoms with E-state index in [1.165, 1.54) is 128 Å². The molecule has 232 valence electrons. The van der Waals surface area contributed by atoms with Gasteiger partial charge in [-0.15, -0.1) is 0 Å². The van der Waals surface area contributed by atoms with Gasteiger partial charge >= 0.3 is 0 Å². The first-order valence-electron chi connectivity index (χ1n) is 17.5. The number of hydrogen-bond acceptors (Lipinski definition) is 6. The molecule has 0 spiro atoms. The van der Waals surface area contributed by atoms with Crippen molar-refractivity contribution in [3.63, 3.8) is 0 Å². The molecule has 6 nitrogen and oxygen atoms in total. The third kappa shape index (κ3) is 9.64. The van der Waals surface area contributed by atoms with E-state index in [1.807, 2.05) is 0 Å². The van der Waals surface area contributed by atoms with E-state index in [0.717, 1.165) is 19.8 Å². The van der Waals surface area contributed by atoms with Crippen LogP contribution < -0.4 is 0 Å². The first-order valence-corrected chi connectivity index (χ1v) is 17.5. The molecule has 0 bridgehead atoms. The Kier molecular flexibility index (Phi) is 13.4. The Morgan fingerprint density at radius 3 is 1.25 bits per heavy atom. The Labute approximate surface area is 244 Å². The number of rotatable bonds is 13. The molecule has 5 fully saturated rings. The van der Waals surface area contributed by atoms with Crippen molar-refractivity contribution in [2.24, 2.45) is 23.7 Å². The Hall–Kier alpha value is -0.240. The zero-order valence-electron chi connectivity index (χ0n) is 25.4. The highest BCUT2D eigenvalue weighted by Crippen LogP contribution is 2.34. The standard InChI is InChI=1S/C34H60O6/c35-34-33(39-24-29-19-11-4-12-20-29)32(38-23-28-17-9-3-10-18-28)31(37-22-27-15-7-2-8-16-27)30(40-34)25-36-21-26-13-5-1-6-14-26/h26-35H,1-25H2/t30-,31-,32+,33-,34?/m1/s1. The molecule has 6 heteroatoms. The lowest BCUT2D eigenvalue weighted by Gasteiger charge is -2.45. The third-order valence-corrected chi connectivity index (χ3v) is 10.7. The summed E-state index contributed by atoms with van der Waals surface area (Å²) in [5, 5.41) is 11.3. The predicted molar refractivity (Wildman–Crippen MR) is 157 cm³/mol. The van der Waals surface area contributed by atoms with Gasteiger partial charge in [-0.3, -0.25) is 0 Å². The van der Waals surface area contributed by atoms with Crippen molar-refractivity contribution in [3.8, 4) is 0 Å². The van der Waals surface area contributed by atoms with Crippen molar-refractivity contribution in [1.82, 2.24) is 0 Å². The number of hydrogen-bond donors (Lipinski definition) is 1. The van der Waals surface area contributed by atoms with Gasteiger partial charge in [0.05, 0.1) is 26.4 Å². The van der Waals surface area contributed by atoms with E-state index >= 15 is 0 Å². The summed E-state index contributed by atoms with van der Waals surface area (Å²) in [6.07, 6.45) is 23.2. The summed E-state index contributed by atoms with van der Waals surface area (Å²) >= 11 is 0. The molecule has 1 unspecified atom stereocenters. The number of aliphatic hydroxyl groups is 1. The monoisotopic (exact) mass is 564 g/mol. The van der Waals surface area contributed by atoms with E-state index in [-0.39, 0.29) is 18.3 Å². The zero-order valence-corrected chi connectivity index (χ0v) is 25.4. The molecule has 0 aromatic rings. The normalized spacial score (nSPS) is 34.3. The summed E-state index contributed by atoms with van der Waals surface area (Å²) in [7, 11) is 0. The van der Waals surface area contributed by atoms with Crippen LogP contribution in [0.4, 0.5) is 0 Å². The van der Waals surface area contributed by atoms with E-state index in [1.54, 1.807) is 0 Å². The minimum Gasteiger partial charge on any atom is -0.378 e. The Bertz CT molecular complexity index is 665. The summed E-state index contributed by atoms with van der Waals surface area (Å²) in [5.41, 5.74) is 0. The van der Waals surface area contributed by atoms with Crippen molar-refractivity contribution < 1.29 is 28.8 Å². The fourth-order valence-electron chi connectivity index (χ4n) is 8.11. The van der Waals surface area contributed by atoms with Crippen LogP contribution >= 0.6 is 0 Å². The molecule has 0 radical (unpaired) electrons. The molecule has 0 aromatic heterocycles. The van der Waals surface area contributed by atoms with Crippen molar-refractivity contribution in [2.45, 2.75) is 159 Å². The van der Waals surface area contributed by atoms with Crippen LogP contribution in [-0.2, 0) is 23.7 Å². The van der Waals surface area contributed by atoms with E-state index in [4.69, 9.17) is 23.7 Å². The second-order valence-electron chi connectivity index (χ2n) is 14.0. The lowest BCUT2D eigenvalue weighted by Crippen LogP contribution is -2.62. The quantitative estimate of drug-likeness (QED) is 0.255. The fourth-order valence-corrected chi connectivity index (χ4v) is 8.11. The summed E-state index contributed by atoms with van der Waals surface area (Å²) in [4.78, 5) is 0. The number of aliphatic hydroxyl groups excluding tert-OH is 1. The lowest BCUT2D eigenvalue weighted by molar-refractivity contribution is -0.316. The maximum Gasteiger partial charge on any atom is 0.184 e. The maximum absolute atomic E-state index is 11.3. The molecule has 1 N–H and O–H groups in total. The van der Waals surface area contributed by atoms with E-state index in [0.29, 0.717) is 36.9 Å². The SMILES string of the molecule is OC1O[C@H](COCC2CCCCC2)[C@@H](OCC2CCCCC2)[C@H](OCC2CCCCC2)[C@H]1OCC1CCCCC1.